The second kappa shape index (κ2) is 9.55. The number of anilines is 2. The second-order valence-corrected chi connectivity index (χ2v) is 9.15. The molecule has 0 bridgehead atoms. The van der Waals surface area contributed by atoms with Gasteiger partial charge >= 0.3 is 0 Å². The monoisotopic (exact) mass is 428 g/mol. The summed E-state index contributed by atoms with van der Waals surface area (Å²) in [4.78, 5) is 26.6. The lowest BCUT2D eigenvalue weighted by Gasteiger charge is -2.20. The van der Waals surface area contributed by atoms with Gasteiger partial charge in [0.1, 0.15) is 10.8 Å². The van der Waals surface area contributed by atoms with E-state index in [0.29, 0.717) is 30.4 Å². The third-order valence-corrected chi connectivity index (χ3v) is 7.05. The van der Waals surface area contributed by atoms with E-state index in [1.165, 1.54) is 43.4 Å². The number of hydrogen-bond donors (Lipinski definition) is 1. The molecule has 2 heterocycles. The van der Waals surface area contributed by atoms with Crippen LogP contribution in [-0.4, -0.2) is 35.7 Å². The molecule has 0 radical (unpaired) electrons. The molecule has 0 unspecified atom stereocenters. The summed E-state index contributed by atoms with van der Waals surface area (Å²) in [5.74, 6) is 1.51. The first-order chi connectivity index (χ1) is 14.6. The maximum atomic E-state index is 12.5. The van der Waals surface area contributed by atoms with Gasteiger partial charge in [0, 0.05) is 31.0 Å². The van der Waals surface area contributed by atoms with Gasteiger partial charge in [-0.2, -0.15) is 0 Å². The predicted molar refractivity (Wildman–Crippen MR) is 117 cm³/mol. The highest BCUT2D eigenvalue weighted by atomic mass is 32.1. The van der Waals surface area contributed by atoms with E-state index in [9.17, 15) is 9.59 Å². The summed E-state index contributed by atoms with van der Waals surface area (Å²) in [6.45, 7) is 0.565. The van der Waals surface area contributed by atoms with Crippen molar-refractivity contribution in [3.8, 4) is 5.75 Å². The molecule has 1 aromatic carbocycles. The minimum atomic E-state index is -0.00927. The Morgan fingerprint density at radius 2 is 1.97 bits per heavy atom. The van der Waals surface area contributed by atoms with E-state index in [1.807, 2.05) is 24.3 Å². The van der Waals surface area contributed by atoms with Crippen molar-refractivity contribution < 1.29 is 14.3 Å². The van der Waals surface area contributed by atoms with Crippen LogP contribution in [0.4, 0.5) is 10.8 Å². The molecule has 160 valence electrons. The van der Waals surface area contributed by atoms with Crippen molar-refractivity contribution >= 4 is 34.0 Å². The normalized spacial score (nSPS) is 19.8. The number of rotatable bonds is 7. The van der Waals surface area contributed by atoms with Crippen LogP contribution in [0, 0.1) is 5.92 Å². The first kappa shape index (κ1) is 20.8. The highest BCUT2D eigenvalue weighted by molar-refractivity contribution is 7.15. The average molecular weight is 429 g/mol. The minimum absolute atomic E-state index is 0.00521. The Morgan fingerprint density at radius 1 is 1.20 bits per heavy atom. The van der Waals surface area contributed by atoms with E-state index in [2.05, 4.69) is 15.5 Å². The molecule has 4 rings (SSSR count). The molecule has 2 fully saturated rings. The molecule has 1 atom stereocenters. The van der Waals surface area contributed by atoms with Crippen molar-refractivity contribution in [3.63, 3.8) is 0 Å². The van der Waals surface area contributed by atoms with E-state index in [-0.39, 0.29) is 17.7 Å². The van der Waals surface area contributed by atoms with E-state index in [0.717, 1.165) is 22.9 Å². The minimum Gasteiger partial charge on any atom is -0.497 e. The van der Waals surface area contributed by atoms with Gasteiger partial charge in [-0.25, -0.2) is 0 Å². The molecular weight excluding hydrogens is 400 g/mol. The highest BCUT2D eigenvalue weighted by Crippen LogP contribution is 2.35. The van der Waals surface area contributed by atoms with E-state index in [1.54, 1.807) is 12.0 Å². The number of nitrogens with one attached hydrogen (secondary N) is 1. The lowest BCUT2D eigenvalue weighted by atomic mass is 9.86. The summed E-state index contributed by atoms with van der Waals surface area (Å²) in [5, 5.41) is 12.6. The summed E-state index contributed by atoms with van der Waals surface area (Å²) < 4.78 is 5.18. The van der Waals surface area contributed by atoms with Gasteiger partial charge in [-0.3, -0.25) is 9.59 Å². The van der Waals surface area contributed by atoms with Gasteiger partial charge in [0.2, 0.25) is 16.9 Å². The number of hydrogen-bond acceptors (Lipinski definition) is 6. The second-order valence-electron chi connectivity index (χ2n) is 8.14. The van der Waals surface area contributed by atoms with E-state index < -0.39 is 0 Å². The lowest BCUT2D eigenvalue weighted by Crippen LogP contribution is -2.24. The number of carbonyl (C=O) groups is 2. The molecule has 30 heavy (non-hydrogen) atoms. The van der Waals surface area contributed by atoms with E-state index in [4.69, 9.17) is 4.74 Å². The molecule has 7 nitrogen and oxygen atoms in total. The Hall–Kier alpha value is -2.48. The Balaban J connectivity index is 1.31. The molecule has 1 saturated carbocycles. The van der Waals surface area contributed by atoms with Crippen LogP contribution >= 0.6 is 11.3 Å². The van der Waals surface area contributed by atoms with Gasteiger partial charge in [-0.05, 0) is 36.6 Å². The molecule has 2 aromatic rings. The summed E-state index contributed by atoms with van der Waals surface area (Å²) in [6, 6.07) is 7.47. The molecule has 2 aliphatic rings. The molecule has 1 aliphatic carbocycles. The Bertz CT molecular complexity index is 877. The number of amides is 2. The van der Waals surface area contributed by atoms with Crippen molar-refractivity contribution in [3.05, 3.63) is 29.3 Å². The molecule has 1 aliphatic heterocycles. The number of aromatic nitrogens is 2. The molecule has 8 heteroatoms. The smallest absolute Gasteiger partial charge is 0.227 e. The largest absolute Gasteiger partial charge is 0.497 e. The highest BCUT2D eigenvalue weighted by Gasteiger charge is 2.34. The van der Waals surface area contributed by atoms with Crippen LogP contribution in [0.2, 0.25) is 0 Å². The van der Waals surface area contributed by atoms with Crippen molar-refractivity contribution in [2.45, 2.75) is 57.3 Å². The van der Waals surface area contributed by atoms with Gasteiger partial charge in [-0.1, -0.05) is 43.4 Å². The molecule has 1 N–H and O–H groups in total. The van der Waals surface area contributed by atoms with Crippen LogP contribution in [-0.2, 0) is 9.59 Å². The third-order valence-electron chi connectivity index (χ3n) is 6.05. The third kappa shape index (κ3) is 4.98. The first-order valence-electron chi connectivity index (χ1n) is 10.7. The number of methoxy groups -OCH3 is 1. The van der Waals surface area contributed by atoms with Crippen LogP contribution in [0.1, 0.15) is 62.3 Å². The van der Waals surface area contributed by atoms with Crippen molar-refractivity contribution in [2.24, 2.45) is 5.92 Å². The van der Waals surface area contributed by atoms with Crippen LogP contribution in [0.15, 0.2) is 24.3 Å². The van der Waals surface area contributed by atoms with Crippen molar-refractivity contribution in [2.75, 3.05) is 23.9 Å². The van der Waals surface area contributed by atoms with Crippen molar-refractivity contribution in [1.29, 1.82) is 0 Å². The SMILES string of the molecule is COc1ccc(N2C[C@H](c3nnc(NC(=O)CCC4CCCCC4)s3)CC2=O)cc1. The topological polar surface area (TPSA) is 84.4 Å². The fraction of sp³-hybridized carbons (Fsp3) is 0.545. The molecule has 2 amide bonds. The van der Waals surface area contributed by atoms with Crippen LogP contribution in [0.25, 0.3) is 0 Å². The van der Waals surface area contributed by atoms with Gasteiger partial charge in [0.25, 0.3) is 0 Å². The first-order valence-corrected chi connectivity index (χ1v) is 11.5. The van der Waals surface area contributed by atoms with Crippen LogP contribution in [0.5, 0.6) is 5.75 Å². The maximum Gasteiger partial charge on any atom is 0.227 e. The van der Waals surface area contributed by atoms with Gasteiger partial charge in [0.05, 0.1) is 7.11 Å². The van der Waals surface area contributed by atoms with Crippen LogP contribution in [0.3, 0.4) is 0 Å². The molecule has 0 spiro atoms. The number of carbonyl (C=O) groups excluding carboxylic acids is 2. The molecular formula is C22H28N4O3S. The van der Waals surface area contributed by atoms with Crippen LogP contribution < -0.4 is 15.0 Å². The van der Waals surface area contributed by atoms with Gasteiger partial charge < -0.3 is 15.0 Å². The fourth-order valence-corrected chi connectivity index (χ4v) is 5.18. The van der Waals surface area contributed by atoms with Crippen molar-refractivity contribution in [1.82, 2.24) is 10.2 Å². The van der Waals surface area contributed by atoms with Gasteiger partial charge in [-0.15, -0.1) is 10.2 Å². The quantitative estimate of drug-likeness (QED) is 0.708. The summed E-state index contributed by atoms with van der Waals surface area (Å²) in [5.41, 5.74) is 0.851. The van der Waals surface area contributed by atoms with E-state index >= 15 is 0 Å². The Morgan fingerprint density at radius 3 is 2.70 bits per heavy atom. The summed E-state index contributed by atoms with van der Waals surface area (Å²) >= 11 is 1.37. The standard InChI is InChI=1S/C22H28N4O3S/c1-29-18-10-8-17(9-11-18)26-14-16(13-20(26)28)21-24-25-22(30-21)23-19(27)12-7-15-5-3-2-4-6-15/h8-11,15-16H,2-7,12-14H2,1H3,(H,23,25,27)/t16-/m1/s1. The zero-order chi connectivity index (χ0) is 20.9. The molecule has 1 saturated heterocycles. The average Bonchev–Trinajstić information content (AvgIpc) is 3.39. The van der Waals surface area contributed by atoms with Gasteiger partial charge in [0.15, 0.2) is 0 Å². The maximum absolute atomic E-state index is 12.5. The molecule has 1 aromatic heterocycles. The number of nitrogens with zero attached hydrogens (tertiary/aromatic N) is 3. The summed E-state index contributed by atoms with van der Waals surface area (Å²) in [6.07, 6.45) is 8.29. The Labute approximate surface area is 180 Å². The zero-order valence-electron chi connectivity index (χ0n) is 17.3. The number of benzene rings is 1. The Kier molecular flexibility index (Phi) is 6.62. The fourth-order valence-electron chi connectivity index (χ4n) is 4.33. The lowest BCUT2D eigenvalue weighted by molar-refractivity contribution is -0.117. The predicted octanol–water partition coefficient (Wildman–Crippen LogP) is 4.37. The number of ether oxygens (including phenoxy) is 1. The zero-order valence-corrected chi connectivity index (χ0v) is 18.1. The summed E-state index contributed by atoms with van der Waals surface area (Å²) in [7, 11) is 1.62.